The standard InChI is InChI=1S/C13H19N3O2S/c1-13(2,3)18-12(17)16-7-9-6-8-4-5-15-11(14)10(8)19-9/h6H,4-5,7H2,1-3H3,(H2,14,15)(H,16,17). The second kappa shape index (κ2) is 5.21. The molecule has 0 radical (unpaired) electrons. The third-order valence-electron chi connectivity index (χ3n) is 2.56. The first kappa shape index (κ1) is 13.9. The quantitative estimate of drug-likeness (QED) is 0.871. The molecule has 3 N–H and O–H groups in total. The topological polar surface area (TPSA) is 76.7 Å². The number of nitrogens with zero attached hydrogens (tertiary/aromatic N) is 1. The van der Waals surface area contributed by atoms with Gasteiger partial charge >= 0.3 is 6.09 Å². The molecule has 6 heteroatoms. The van der Waals surface area contributed by atoms with E-state index in [1.165, 1.54) is 5.56 Å². The molecule has 0 bridgehead atoms. The summed E-state index contributed by atoms with van der Waals surface area (Å²) < 4.78 is 5.19. The summed E-state index contributed by atoms with van der Waals surface area (Å²) in [5, 5.41) is 2.75. The number of amidine groups is 1. The molecule has 0 saturated heterocycles. The number of hydrogen-bond donors (Lipinski definition) is 2. The molecule has 1 amide bonds. The van der Waals surface area contributed by atoms with Gasteiger partial charge in [-0.25, -0.2) is 4.79 Å². The highest BCUT2D eigenvalue weighted by molar-refractivity contribution is 7.14. The predicted molar refractivity (Wildman–Crippen MR) is 76.7 cm³/mol. The summed E-state index contributed by atoms with van der Waals surface area (Å²) >= 11 is 1.58. The Morgan fingerprint density at radius 1 is 1.58 bits per heavy atom. The largest absolute Gasteiger partial charge is 0.444 e. The van der Waals surface area contributed by atoms with Crippen molar-refractivity contribution in [3.63, 3.8) is 0 Å². The summed E-state index contributed by atoms with van der Waals surface area (Å²) in [5.41, 5.74) is 6.59. The fourth-order valence-electron chi connectivity index (χ4n) is 1.82. The molecule has 0 atom stereocenters. The molecule has 1 aliphatic rings. The van der Waals surface area contributed by atoms with Gasteiger partial charge in [0.15, 0.2) is 0 Å². The van der Waals surface area contributed by atoms with Gasteiger partial charge in [-0.15, -0.1) is 11.3 Å². The molecule has 0 saturated carbocycles. The fourth-order valence-corrected chi connectivity index (χ4v) is 2.89. The number of thiophene rings is 1. The zero-order valence-corrected chi connectivity index (χ0v) is 12.3. The van der Waals surface area contributed by atoms with Crippen molar-refractivity contribution in [1.82, 2.24) is 5.32 Å². The van der Waals surface area contributed by atoms with E-state index in [2.05, 4.69) is 16.4 Å². The number of alkyl carbamates (subject to hydrolysis) is 1. The van der Waals surface area contributed by atoms with Crippen LogP contribution in [-0.4, -0.2) is 24.1 Å². The van der Waals surface area contributed by atoms with E-state index in [1.54, 1.807) is 11.3 Å². The minimum absolute atomic E-state index is 0.402. The second-order valence-electron chi connectivity index (χ2n) is 5.44. The van der Waals surface area contributed by atoms with Crippen LogP contribution >= 0.6 is 11.3 Å². The number of nitrogens with one attached hydrogen (secondary N) is 1. The summed E-state index contributed by atoms with van der Waals surface area (Å²) in [5.74, 6) is 0.606. The smallest absolute Gasteiger partial charge is 0.407 e. The van der Waals surface area contributed by atoms with Gasteiger partial charge in [0.1, 0.15) is 11.4 Å². The van der Waals surface area contributed by atoms with Crippen LogP contribution in [0.15, 0.2) is 11.1 Å². The third-order valence-corrected chi connectivity index (χ3v) is 3.76. The number of nitrogens with two attached hydrogens (primary N) is 1. The zero-order valence-electron chi connectivity index (χ0n) is 11.4. The minimum Gasteiger partial charge on any atom is -0.444 e. The summed E-state index contributed by atoms with van der Waals surface area (Å²) in [6.45, 7) is 6.73. The van der Waals surface area contributed by atoms with Crippen LogP contribution in [0, 0.1) is 0 Å². The van der Waals surface area contributed by atoms with Crippen LogP contribution < -0.4 is 11.1 Å². The molecule has 0 fully saturated rings. The number of fused-ring (bicyclic) bond motifs is 1. The van der Waals surface area contributed by atoms with Crippen molar-refractivity contribution in [1.29, 1.82) is 0 Å². The van der Waals surface area contributed by atoms with Crippen LogP contribution in [0.2, 0.25) is 0 Å². The molecule has 0 aromatic carbocycles. The van der Waals surface area contributed by atoms with Crippen LogP contribution in [0.25, 0.3) is 0 Å². The van der Waals surface area contributed by atoms with E-state index in [9.17, 15) is 4.79 Å². The molecule has 0 unspecified atom stereocenters. The van der Waals surface area contributed by atoms with Gasteiger partial charge in [0.2, 0.25) is 0 Å². The fraction of sp³-hybridized carbons (Fsp3) is 0.538. The Morgan fingerprint density at radius 2 is 2.32 bits per heavy atom. The molecule has 104 valence electrons. The van der Waals surface area contributed by atoms with Crippen LogP contribution in [0.4, 0.5) is 4.79 Å². The van der Waals surface area contributed by atoms with E-state index in [1.807, 2.05) is 20.8 Å². The number of aliphatic imine (C=N–C) groups is 1. The van der Waals surface area contributed by atoms with Crippen molar-refractivity contribution in [2.45, 2.75) is 39.3 Å². The van der Waals surface area contributed by atoms with Crippen molar-refractivity contribution in [2.75, 3.05) is 6.54 Å². The van der Waals surface area contributed by atoms with Crippen LogP contribution in [0.1, 0.15) is 36.1 Å². The number of ether oxygens (including phenoxy) is 1. The zero-order chi connectivity index (χ0) is 14.0. The summed E-state index contributed by atoms with van der Waals surface area (Å²) in [7, 11) is 0. The summed E-state index contributed by atoms with van der Waals surface area (Å²) in [4.78, 5) is 17.9. The SMILES string of the molecule is CC(C)(C)OC(=O)NCc1cc2c(s1)C(N)=NCC2. The van der Waals surface area contributed by atoms with Crippen molar-refractivity contribution in [3.8, 4) is 0 Å². The van der Waals surface area contributed by atoms with Gasteiger partial charge < -0.3 is 15.8 Å². The molecular formula is C13H19N3O2S. The number of carbonyl (C=O) groups excluding carboxylic acids is 1. The van der Waals surface area contributed by atoms with Gasteiger partial charge in [-0.3, -0.25) is 4.99 Å². The number of carbonyl (C=O) groups is 1. The first-order valence-corrected chi connectivity index (χ1v) is 7.05. The van der Waals surface area contributed by atoms with Crippen LogP contribution in [-0.2, 0) is 17.7 Å². The van der Waals surface area contributed by atoms with Crippen LogP contribution in [0.3, 0.4) is 0 Å². The van der Waals surface area contributed by atoms with Crippen LogP contribution in [0.5, 0.6) is 0 Å². The Balaban J connectivity index is 1.94. The Hall–Kier alpha value is -1.56. The van der Waals surface area contributed by atoms with Crippen molar-refractivity contribution >= 4 is 23.3 Å². The molecule has 0 aliphatic carbocycles. The first-order chi connectivity index (χ1) is 8.85. The Morgan fingerprint density at radius 3 is 2.95 bits per heavy atom. The van der Waals surface area contributed by atoms with E-state index in [4.69, 9.17) is 10.5 Å². The lowest BCUT2D eigenvalue weighted by Crippen LogP contribution is -2.31. The van der Waals surface area contributed by atoms with E-state index in [0.717, 1.165) is 22.7 Å². The first-order valence-electron chi connectivity index (χ1n) is 6.24. The van der Waals surface area contributed by atoms with Gasteiger partial charge in [-0.1, -0.05) is 0 Å². The maximum Gasteiger partial charge on any atom is 0.407 e. The monoisotopic (exact) mass is 281 g/mol. The average Bonchev–Trinajstić information content (AvgIpc) is 2.68. The van der Waals surface area contributed by atoms with E-state index in [0.29, 0.717) is 12.4 Å². The highest BCUT2D eigenvalue weighted by atomic mass is 32.1. The normalized spacial score (nSPS) is 14.6. The van der Waals surface area contributed by atoms with E-state index in [-0.39, 0.29) is 0 Å². The van der Waals surface area contributed by atoms with Gasteiger partial charge in [-0.05, 0) is 38.8 Å². The second-order valence-corrected chi connectivity index (χ2v) is 6.58. The molecule has 1 aromatic heterocycles. The van der Waals surface area contributed by atoms with Gasteiger partial charge in [-0.2, -0.15) is 0 Å². The molecule has 1 aromatic rings. The van der Waals surface area contributed by atoms with E-state index < -0.39 is 11.7 Å². The molecule has 1 aliphatic heterocycles. The van der Waals surface area contributed by atoms with Crippen molar-refractivity contribution < 1.29 is 9.53 Å². The Kier molecular flexibility index (Phi) is 3.80. The van der Waals surface area contributed by atoms with Gasteiger partial charge in [0.05, 0.1) is 11.4 Å². The van der Waals surface area contributed by atoms with Gasteiger partial charge in [0, 0.05) is 11.4 Å². The van der Waals surface area contributed by atoms with Crippen molar-refractivity contribution in [2.24, 2.45) is 10.7 Å². The summed E-state index contributed by atoms with van der Waals surface area (Å²) in [6, 6.07) is 2.08. The molecular weight excluding hydrogens is 262 g/mol. The molecule has 5 nitrogen and oxygen atoms in total. The molecule has 19 heavy (non-hydrogen) atoms. The van der Waals surface area contributed by atoms with E-state index >= 15 is 0 Å². The lowest BCUT2D eigenvalue weighted by molar-refractivity contribution is 0.0524. The molecule has 0 spiro atoms. The summed E-state index contributed by atoms with van der Waals surface area (Å²) in [6.07, 6.45) is 0.513. The molecule has 2 rings (SSSR count). The highest BCUT2D eigenvalue weighted by Gasteiger charge is 2.18. The lowest BCUT2D eigenvalue weighted by atomic mass is 10.1. The minimum atomic E-state index is -0.476. The molecule has 2 heterocycles. The average molecular weight is 281 g/mol. The highest BCUT2D eigenvalue weighted by Crippen LogP contribution is 2.25. The maximum atomic E-state index is 11.6. The third kappa shape index (κ3) is 3.70. The Labute approximate surface area is 116 Å². The van der Waals surface area contributed by atoms with Gasteiger partial charge in [0.25, 0.3) is 0 Å². The number of hydrogen-bond acceptors (Lipinski definition) is 5. The Bertz CT molecular complexity index is 514. The van der Waals surface area contributed by atoms with Crippen molar-refractivity contribution in [3.05, 3.63) is 21.4 Å². The number of rotatable bonds is 2. The number of amides is 1. The maximum absolute atomic E-state index is 11.6. The predicted octanol–water partition coefficient (Wildman–Crippen LogP) is 2.03. The lowest BCUT2D eigenvalue weighted by Gasteiger charge is -2.19.